The molecule has 0 bridgehead atoms. The maximum absolute atomic E-state index is 12.3. The van der Waals surface area contributed by atoms with Gasteiger partial charge in [-0.2, -0.15) is 0 Å². The number of piperidine rings is 1. The van der Waals surface area contributed by atoms with Crippen LogP contribution in [0.4, 0.5) is 0 Å². The topological polar surface area (TPSA) is 55.8 Å². The van der Waals surface area contributed by atoms with Crippen molar-refractivity contribution >= 4 is 29.1 Å². The lowest BCUT2D eigenvalue weighted by Gasteiger charge is -2.39. The third-order valence-corrected chi connectivity index (χ3v) is 5.75. The first kappa shape index (κ1) is 22.4. The summed E-state index contributed by atoms with van der Waals surface area (Å²) in [6, 6.07) is 4.86. The van der Waals surface area contributed by atoms with Crippen LogP contribution in [-0.2, 0) is 0 Å². The van der Waals surface area contributed by atoms with Crippen molar-refractivity contribution in [2.24, 2.45) is 5.92 Å². The molecule has 1 amide bonds. The van der Waals surface area contributed by atoms with E-state index in [1.54, 1.807) is 18.2 Å². The van der Waals surface area contributed by atoms with E-state index in [1.807, 2.05) is 11.9 Å². The average Bonchev–Trinajstić information content (AvgIpc) is 2.58. The normalized spacial score (nSPS) is 17.9. The maximum Gasteiger partial charge on any atom is 0.251 e. The fraction of sp³-hybridized carbons (Fsp3) is 0.650. The predicted octanol–water partition coefficient (Wildman–Crippen LogP) is 3.48. The Labute approximate surface area is 172 Å². The first-order valence-electron chi connectivity index (χ1n) is 9.44. The molecule has 1 heterocycles. The van der Waals surface area contributed by atoms with Gasteiger partial charge in [0.25, 0.3) is 5.91 Å². The number of carbonyl (C=O) groups is 1. The minimum Gasteiger partial charge on any atom is -0.377 e. The molecule has 1 aromatic carbocycles. The highest BCUT2D eigenvalue weighted by molar-refractivity contribution is 6.35. The Morgan fingerprint density at radius 2 is 1.81 bits per heavy atom. The number of rotatable bonds is 6. The number of likely N-dealkylation sites (tertiary alicyclic amines) is 1. The number of aliphatic hydroxyl groups excluding tert-OH is 1. The number of amides is 1. The highest BCUT2D eigenvalue weighted by Crippen LogP contribution is 2.21. The van der Waals surface area contributed by atoms with Crippen molar-refractivity contribution in [2.75, 3.05) is 33.2 Å². The van der Waals surface area contributed by atoms with Crippen LogP contribution >= 0.6 is 23.2 Å². The van der Waals surface area contributed by atoms with E-state index in [0.29, 0.717) is 34.6 Å². The zero-order valence-corrected chi connectivity index (χ0v) is 18.1. The Morgan fingerprint density at radius 3 is 2.33 bits per heavy atom. The second-order valence-electron chi connectivity index (χ2n) is 8.37. The van der Waals surface area contributed by atoms with Gasteiger partial charge in [0, 0.05) is 34.2 Å². The molecular weight excluding hydrogens is 385 g/mol. The number of β-amino-alcohol motifs (C(OH)–C–C–N with tert-alkyl or cyclic N) is 1. The molecule has 2 N–H and O–H groups in total. The molecule has 0 saturated carbocycles. The van der Waals surface area contributed by atoms with E-state index in [2.05, 4.69) is 31.0 Å². The van der Waals surface area contributed by atoms with E-state index < -0.39 is 6.23 Å². The predicted molar refractivity (Wildman–Crippen MR) is 111 cm³/mol. The molecule has 1 aliphatic rings. The van der Waals surface area contributed by atoms with E-state index in [-0.39, 0.29) is 11.4 Å². The van der Waals surface area contributed by atoms with E-state index in [1.165, 1.54) is 0 Å². The summed E-state index contributed by atoms with van der Waals surface area (Å²) >= 11 is 11.9. The largest absolute Gasteiger partial charge is 0.377 e. The second-order valence-corrected chi connectivity index (χ2v) is 9.25. The molecule has 1 aromatic rings. The van der Waals surface area contributed by atoms with Crippen LogP contribution in [0.15, 0.2) is 18.2 Å². The molecule has 1 aliphatic heterocycles. The average molecular weight is 416 g/mol. The zero-order chi connectivity index (χ0) is 20.2. The number of benzene rings is 1. The second kappa shape index (κ2) is 9.57. The van der Waals surface area contributed by atoms with E-state index in [9.17, 15) is 9.90 Å². The number of carbonyl (C=O) groups excluding carboxylic acids is 1. The van der Waals surface area contributed by atoms with Gasteiger partial charge in [0.05, 0.1) is 0 Å². The Bertz CT molecular complexity index is 620. The number of hydrogen-bond donors (Lipinski definition) is 2. The molecule has 1 saturated heterocycles. The van der Waals surface area contributed by atoms with Crippen LogP contribution in [0.3, 0.4) is 0 Å². The van der Waals surface area contributed by atoms with Gasteiger partial charge in [-0.15, -0.1) is 0 Å². The highest BCUT2D eigenvalue weighted by Gasteiger charge is 2.27. The van der Waals surface area contributed by atoms with Crippen LogP contribution in [-0.4, -0.2) is 65.8 Å². The quantitative estimate of drug-likeness (QED) is 0.698. The molecule has 2 rings (SSSR count). The van der Waals surface area contributed by atoms with Crippen LogP contribution in [0.5, 0.6) is 0 Å². The minimum absolute atomic E-state index is 0.0642. The monoisotopic (exact) mass is 415 g/mol. The third kappa shape index (κ3) is 6.91. The number of nitrogens with zero attached hydrogens (tertiary/aromatic N) is 2. The van der Waals surface area contributed by atoms with Gasteiger partial charge >= 0.3 is 0 Å². The summed E-state index contributed by atoms with van der Waals surface area (Å²) in [6.45, 7) is 9.43. The summed E-state index contributed by atoms with van der Waals surface area (Å²) in [6.07, 6.45) is 1.53. The molecule has 0 aliphatic carbocycles. The summed E-state index contributed by atoms with van der Waals surface area (Å²) in [5, 5.41) is 14.3. The molecule has 1 atom stereocenters. The molecule has 0 aromatic heterocycles. The Morgan fingerprint density at radius 1 is 1.26 bits per heavy atom. The van der Waals surface area contributed by atoms with Gasteiger partial charge in [0.15, 0.2) is 0 Å². The molecule has 1 fully saturated rings. The molecule has 152 valence electrons. The first-order chi connectivity index (χ1) is 12.6. The molecule has 7 heteroatoms. The Hall–Kier alpha value is -0.850. The lowest BCUT2D eigenvalue weighted by molar-refractivity contribution is -0.0541. The maximum atomic E-state index is 12.3. The molecule has 5 nitrogen and oxygen atoms in total. The SMILES string of the molecule is CN(C(O)CN1CCC(CNC(=O)c2cc(Cl)cc(Cl)c2)CC1)C(C)(C)C. The summed E-state index contributed by atoms with van der Waals surface area (Å²) in [5.41, 5.74) is 0.420. The molecule has 0 radical (unpaired) electrons. The Balaban J connectivity index is 1.75. The Kier molecular flexibility index (Phi) is 7.95. The van der Waals surface area contributed by atoms with Crippen LogP contribution in [0.25, 0.3) is 0 Å². The standard InChI is InChI=1S/C20H31Cl2N3O2/c1-20(2,3)24(4)18(26)13-25-7-5-14(6-8-25)12-23-19(27)15-9-16(21)11-17(22)10-15/h9-11,14,18,26H,5-8,12-13H2,1-4H3,(H,23,27). The summed E-state index contributed by atoms with van der Waals surface area (Å²) in [7, 11) is 1.95. The number of aliphatic hydroxyl groups is 1. The van der Waals surface area contributed by atoms with Crippen molar-refractivity contribution in [3.63, 3.8) is 0 Å². The number of halogens is 2. The van der Waals surface area contributed by atoms with E-state index in [4.69, 9.17) is 23.2 Å². The number of hydrogen-bond acceptors (Lipinski definition) is 4. The fourth-order valence-electron chi connectivity index (χ4n) is 3.20. The van der Waals surface area contributed by atoms with Gasteiger partial charge in [0.1, 0.15) is 6.23 Å². The molecule has 1 unspecified atom stereocenters. The smallest absolute Gasteiger partial charge is 0.251 e. The highest BCUT2D eigenvalue weighted by atomic mass is 35.5. The molecule has 0 spiro atoms. The summed E-state index contributed by atoms with van der Waals surface area (Å²) in [5.74, 6) is 0.293. The molecule has 27 heavy (non-hydrogen) atoms. The van der Waals surface area contributed by atoms with Crippen molar-refractivity contribution in [3.05, 3.63) is 33.8 Å². The van der Waals surface area contributed by atoms with Gasteiger partial charge in [-0.3, -0.25) is 14.6 Å². The van der Waals surface area contributed by atoms with Gasteiger partial charge in [-0.05, 0) is 77.9 Å². The van der Waals surface area contributed by atoms with Crippen molar-refractivity contribution in [2.45, 2.75) is 45.4 Å². The van der Waals surface area contributed by atoms with Crippen LogP contribution in [0.2, 0.25) is 10.0 Å². The van der Waals surface area contributed by atoms with Gasteiger partial charge < -0.3 is 10.4 Å². The van der Waals surface area contributed by atoms with Crippen molar-refractivity contribution in [1.29, 1.82) is 0 Å². The van der Waals surface area contributed by atoms with Gasteiger partial charge in [-0.1, -0.05) is 23.2 Å². The first-order valence-corrected chi connectivity index (χ1v) is 10.2. The van der Waals surface area contributed by atoms with Crippen molar-refractivity contribution in [3.8, 4) is 0 Å². The lowest BCUT2D eigenvalue weighted by atomic mass is 9.96. The van der Waals surface area contributed by atoms with Gasteiger partial charge in [-0.25, -0.2) is 0 Å². The van der Waals surface area contributed by atoms with Crippen molar-refractivity contribution in [1.82, 2.24) is 15.1 Å². The third-order valence-electron chi connectivity index (χ3n) is 5.31. The van der Waals surface area contributed by atoms with Crippen LogP contribution in [0.1, 0.15) is 44.0 Å². The van der Waals surface area contributed by atoms with Crippen LogP contribution in [0, 0.1) is 5.92 Å². The van der Waals surface area contributed by atoms with Crippen molar-refractivity contribution < 1.29 is 9.90 Å². The summed E-state index contributed by atoms with van der Waals surface area (Å²) in [4.78, 5) is 16.6. The number of nitrogens with one attached hydrogen (secondary N) is 1. The van der Waals surface area contributed by atoms with E-state index >= 15 is 0 Å². The lowest BCUT2D eigenvalue weighted by Crippen LogP contribution is -2.51. The van der Waals surface area contributed by atoms with E-state index in [0.717, 1.165) is 25.9 Å². The fourth-order valence-corrected chi connectivity index (χ4v) is 3.72. The van der Waals surface area contributed by atoms with Gasteiger partial charge in [0.2, 0.25) is 0 Å². The molecular formula is C20H31Cl2N3O2. The zero-order valence-electron chi connectivity index (χ0n) is 16.6. The minimum atomic E-state index is -0.478. The van der Waals surface area contributed by atoms with Crippen LogP contribution < -0.4 is 5.32 Å². The summed E-state index contributed by atoms with van der Waals surface area (Å²) < 4.78 is 0. The number of likely N-dealkylation sites (N-methyl/N-ethyl adjacent to an activating group) is 1.